The second-order valence-electron chi connectivity index (χ2n) is 6.61. The average Bonchev–Trinajstić information content (AvgIpc) is 3.15. The summed E-state index contributed by atoms with van der Waals surface area (Å²) in [4.78, 5) is 41.9. The van der Waals surface area contributed by atoms with Crippen LogP contribution >= 0.6 is 55.2 Å². The highest BCUT2D eigenvalue weighted by atomic mass is 79.9. The van der Waals surface area contributed by atoms with Crippen LogP contribution in [-0.4, -0.2) is 44.5 Å². The Kier molecular flexibility index (Phi) is 8.51. The van der Waals surface area contributed by atoms with Crippen molar-refractivity contribution in [3.05, 3.63) is 67.4 Å². The smallest absolute Gasteiger partial charge is 0.274 e. The summed E-state index contributed by atoms with van der Waals surface area (Å²) in [6.45, 7) is 1.74. The minimum absolute atomic E-state index is 0.143. The molecule has 0 saturated heterocycles. The third-order valence-corrected chi connectivity index (χ3v) is 5.92. The summed E-state index contributed by atoms with van der Waals surface area (Å²) in [6, 6.07) is 8.10. The molecule has 2 aromatic heterocycles. The van der Waals surface area contributed by atoms with Crippen molar-refractivity contribution in [2.45, 2.75) is 6.92 Å². The van der Waals surface area contributed by atoms with Gasteiger partial charge in [-0.2, -0.15) is 16.9 Å². The lowest BCUT2D eigenvalue weighted by Crippen LogP contribution is -2.42. The molecule has 0 unspecified atom stereocenters. The van der Waals surface area contributed by atoms with Crippen molar-refractivity contribution in [2.24, 2.45) is 0 Å². The van der Waals surface area contributed by atoms with E-state index < -0.39 is 11.8 Å². The number of nitrogens with one attached hydrogen (secondary N) is 3. The fourth-order valence-electron chi connectivity index (χ4n) is 2.84. The van der Waals surface area contributed by atoms with Crippen LogP contribution in [0.1, 0.15) is 26.4 Å². The van der Waals surface area contributed by atoms with E-state index in [2.05, 4.69) is 58.1 Å². The van der Waals surface area contributed by atoms with Gasteiger partial charge in [-0.25, -0.2) is 9.67 Å². The highest BCUT2D eigenvalue weighted by Gasteiger charge is 2.22. The first-order valence-corrected chi connectivity index (χ1v) is 12.6. The molecule has 0 saturated carbocycles. The van der Waals surface area contributed by atoms with Crippen LogP contribution in [0.15, 0.2) is 45.6 Å². The number of anilines is 1. The summed E-state index contributed by atoms with van der Waals surface area (Å²) >= 11 is 14.2. The monoisotopic (exact) mass is 614 g/mol. The van der Waals surface area contributed by atoms with Gasteiger partial charge in [-0.1, -0.05) is 27.5 Å². The van der Waals surface area contributed by atoms with E-state index in [4.69, 9.17) is 11.6 Å². The molecule has 3 aromatic rings. The van der Waals surface area contributed by atoms with E-state index in [9.17, 15) is 14.4 Å². The lowest BCUT2D eigenvalue weighted by atomic mass is 10.1. The predicted molar refractivity (Wildman–Crippen MR) is 135 cm³/mol. The van der Waals surface area contributed by atoms with Gasteiger partial charge in [-0.3, -0.25) is 25.2 Å². The zero-order valence-electron chi connectivity index (χ0n) is 17.3. The number of pyridine rings is 1. The number of rotatable bonds is 6. The number of hydrogen-bond acceptors (Lipinski definition) is 6. The summed E-state index contributed by atoms with van der Waals surface area (Å²) in [7, 11) is 0. The average molecular weight is 617 g/mol. The van der Waals surface area contributed by atoms with Crippen molar-refractivity contribution in [3.63, 3.8) is 0 Å². The van der Waals surface area contributed by atoms with Gasteiger partial charge in [-0.05, 0) is 58.9 Å². The summed E-state index contributed by atoms with van der Waals surface area (Å²) in [5.74, 6) is -1.02. The van der Waals surface area contributed by atoms with Crippen LogP contribution in [0, 0.1) is 6.92 Å². The Morgan fingerprint density at radius 3 is 2.61 bits per heavy atom. The normalized spacial score (nSPS) is 10.6. The molecule has 3 N–H and O–H groups in total. The van der Waals surface area contributed by atoms with Crippen LogP contribution in [0.25, 0.3) is 5.82 Å². The van der Waals surface area contributed by atoms with Crippen molar-refractivity contribution in [3.8, 4) is 5.82 Å². The summed E-state index contributed by atoms with van der Waals surface area (Å²) in [6.07, 6.45) is 3.30. The van der Waals surface area contributed by atoms with Gasteiger partial charge in [0.25, 0.3) is 11.8 Å². The van der Waals surface area contributed by atoms with Crippen molar-refractivity contribution in [1.29, 1.82) is 0 Å². The van der Waals surface area contributed by atoms with E-state index >= 15 is 0 Å². The SMILES string of the molecule is CSCC(=O)NNC(=O)c1cc(Br)cc(C)c1NC(=O)c1cc(Br)nn1-c1ncccc1Cl. The Labute approximate surface area is 215 Å². The number of carbonyl (C=O) groups is 3. The Bertz CT molecular complexity index is 1240. The lowest BCUT2D eigenvalue weighted by molar-refractivity contribution is -0.119. The van der Waals surface area contributed by atoms with Crippen LogP contribution in [0.5, 0.6) is 0 Å². The number of amides is 3. The highest BCUT2D eigenvalue weighted by molar-refractivity contribution is 9.10. The molecule has 9 nitrogen and oxygen atoms in total. The quantitative estimate of drug-likeness (QED) is 0.359. The molecular formula is C20H17Br2ClN6O3S. The molecule has 2 heterocycles. The topological polar surface area (TPSA) is 118 Å². The molecule has 0 bridgehead atoms. The fourth-order valence-corrected chi connectivity index (χ4v) is 4.32. The zero-order chi connectivity index (χ0) is 24.1. The van der Waals surface area contributed by atoms with E-state index in [1.54, 1.807) is 37.4 Å². The van der Waals surface area contributed by atoms with Crippen LogP contribution < -0.4 is 16.2 Å². The third kappa shape index (κ3) is 6.14. The van der Waals surface area contributed by atoms with E-state index in [0.717, 1.165) is 0 Å². The van der Waals surface area contributed by atoms with Crippen molar-refractivity contribution < 1.29 is 14.4 Å². The molecule has 0 aliphatic rings. The fraction of sp³-hybridized carbons (Fsp3) is 0.150. The van der Waals surface area contributed by atoms with Gasteiger partial charge in [0.2, 0.25) is 5.91 Å². The van der Waals surface area contributed by atoms with E-state index in [1.807, 2.05) is 0 Å². The number of aromatic nitrogens is 3. The van der Waals surface area contributed by atoms with Crippen molar-refractivity contribution in [1.82, 2.24) is 25.6 Å². The molecule has 0 spiro atoms. The van der Waals surface area contributed by atoms with Gasteiger partial charge in [0.05, 0.1) is 22.0 Å². The molecule has 0 aliphatic heterocycles. The summed E-state index contributed by atoms with van der Waals surface area (Å²) in [5, 5.41) is 7.33. The molecular weight excluding hydrogens is 600 g/mol. The molecule has 3 amide bonds. The Balaban J connectivity index is 1.93. The van der Waals surface area contributed by atoms with Crippen LogP contribution in [0.4, 0.5) is 5.69 Å². The first-order valence-electron chi connectivity index (χ1n) is 9.27. The first kappa shape index (κ1) is 25.2. The number of thioether (sulfide) groups is 1. The number of hydrogen-bond donors (Lipinski definition) is 3. The highest BCUT2D eigenvalue weighted by Crippen LogP contribution is 2.28. The molecule has 33 heavy (non-hydrogen) atoms. The van der Waals surface area contributed by atoms with Crippen LogP contribution in [-0.2, 0) is 4.79 Å². The molecule has 3 rings (SSSR count). The largest absolute Gasteiger partial charge is 0.320 e. The Morgan fingerprint density at radius 1 is 1.15 bits per heavy atom. The zero-order valence-corrected chi connectivity index (χ0v) is 22.0. The van der Waals surface area contributed by atoms with E-state index in [-0.39, 0.29) is 34.4 Å². The first-order chi connectivity index (χ1) is 15.7. The van der Waals surface area contributed by atoms with E-state index in [0.29, 0.717) is 19.7 Å². The maximum Gasteiger partial charge on any atom is 0.274 e. The molecule has 0 radical (unpaired) electrons. The predicted octanol–water partition coefficient (Wildman–Crippen LogP) is 4.13. The maximum atomic E-state index is 13.2. The van der Waals surface area contributed by atoms with Gasteiger partial charge < -0.3 is 5.32 Å². The second-order valence-corrected chi connectivity index (χ2v) is 9.61. The van der Waals surface area contributed by atoms with Crippen LogP contribution in [0.2, 0.25) is 5.02 Å². The van der Waals surface area contributed by atoms with Gasteiger partial charge in [0.1, 0.15) is 10.3 Å². The number of hydrazine groups is 1. The molecule has 0 atom stereocenters. The lowest BCUT2D eigenvalue weighted by Gasteiger charge is -2.15. The standard InChI is InChI=1S/C20H17Br2ClN6O3S/c1-10-6-11(21)7-12(19(31)27-26-16(30)9-33-2)17(10)25-20(32)14-8-15(22)28-29(14)18-13(23)4-3-5-24-18/h3-8H,9H2,1-2H3,(H,25,32)(H,26,30)(H,27,31). The number of halogens is 3. The molecule has 0 aliphatic carbocycles. The second kappa shape index (κ2) is 11.1. The minimum atomic E-state index is -0.591. The summed E-state index contributed by atoms with van der Waals surface area (Å²) in [5.41, 5.74) is 5.90. The number of carbonyl (C=O) groups excluding carboxylic acids is 3. The van der Waals surface area contributed by atoms with Gasteiger partial charge in [0, 0.05) is 16.7 Å². The van der Waals surface area contributed by atoms with Gasteiger partial charge in [0.15, 0.2) is 5.82 Å². The maximum absolute atomic E-state index is 13.2. The molecule has 172 valence electrons. The third-order valence-electron chi connectivity index (χ3n) is 4.23. The number of aryl methyl sites for hydroxylation is 1. The Hall–Kier alpha value is -2.41. The van der Waals surface area contributed by atoms with Gasteiger partial charge >= 0.3 is 0 Å². The van der Waals surface area contributed by atoms with Crippen molar-refractivity contribution >= 4 is 78.6 Å². The van der Waals surface area contributed by atoms with Crippen LogP contribution in [0.3, 0.4) is 0 Å². The number of nitrogens with zero attached hydrogens (tertiary/aromatic N) is 3. The summed E-state index contributed by atoms with van der Waals surface area (Å²) < 4.78 is 2.33. The van der Waals surface area contributed by atoms with Crippen molar-refractivity contribution in [2.75, 3.05) is 17.3 Å². The van der Waals surface area contributed by atoms with E-state index in [1.165, 1.54) is 28.7 Å². The minimum Gasteiger partial charge on any atom is -0.320 e. The molecule has 0 fully saturated rings. The molecule has 1 aromatic carbocycles. The number of benzene rings is 1. The van der Waals surface area contributed by atoms with Gasteiger partial charge in [-0.15, -0.1) is 0 Å². The Morgan fingerprint density at radius 2 is 1.91 bits per heavy atom. The molecule has 13 heteroatoms.